The molecule has 0 unspecified atom stereocenters. The van der Waals surface area contributed by atoms with Crippen molar-refractivity contribution in [2.45, 2.75) is 25.8 Å². The summed E-state index contributed by atoms with van der Waals surface area (Å²) in [5, 5.41) is 7.22. The van der Waals surface area contributed by atoms with Crippen molar-refractivity contribution in [2.75, 3.05) is 49.1 Å². The van der Waals surface area contributed by atoms with Crippen LogP contribution in [0, 0.1) is 0 Å². The Morgan fingerprint density at radius 1 is 1.05 bits per heavy atom. The fourth-order valence-electron chi connectivity index (χ4n) is 4.75. The minimum absolute atomic E-state index is 0.237. The molecule has 40 heavy (non-hydrogen) atoms. The first-order chi connectivity index (χ1) is 19.1. The van der Waals surface area contributed by atoms with Crippen LogP contribution in [0.1, 0.15) is 25.3 Å². The number of rotatable bonds is 8. The molecule has 1 aliphatic rings. The first kappa shape index (κ1) is 27.5. The van der Waals surface area contributed by atoms with E-state index in [1.165, 1.54) is 0 Å². The van der Waals surface area contributed by atoms with Gasteiger partial charge in [-0.15, -0.1) is 0 Å². The van der Waals surface area contributed by atoms with Crippen molar-refractivity contribution in [1.82, 2.24) is 24.9 Å². The first-order valence-electron chi connectivity index (χ1n) is 13.1. The number of aromatic nitrogens is 5. The lowest BCUT2D eigenvalue weighted by molar-refractivity contribution is 0.399. The zero-order valence-corrected chi connectivity index (χ0v) is 24.1. The monoisotopic (exact) mass is 559 g/mol. The summed E-state index contributed by atoms with van der Waals surface area (Å²) in [7, 11) is -1.17. The van der Waals surface area contributed by atoms with Crippen molar-refractivity contribution < 1.29 is 9.30 Å². The number of allylic oxidation sites excluding steroid dienone is 1. The molecule has 0 radical (unpaired) electrons. The first-order valence-corrected chi connectivity index (χ1v) is 15.7. The van der Waals surface area contributed by atoms with Crippen LogP contribution in [0.25, 0.3) is 16.6 Å². The fourth-order valence-corrected chi connectivity index (χ4v) is 6.14. The van der Waals surface area contributed by atoms with E-state index < -0.39 is 7.14 Å². The quantitative estimate of drug-likeness (QED) is 0.262. The molecule has 5 rings (SSSR count). The van der Waals surface area contributed by atoms with Crippen molar-refractivity contribution in [2.24, 2.45) is 5.73 Å². The number of fused-ring (bicyclic) bond motifs is 1. The molecule has 4 heterocycles. The number of hydrogen-bond acceptors (Lipinski definition) is 11. The maximum atomic E-state index is 13.4. The number of ether oxygens (including phenoxy) is 1. The second kappa shape index (κ2) is 11.2. The number of piperidine rings is 1. The van der Waals surface area contributed by atoms with E-state index in [4.69, 9.17) is 20.4 Å². The van der Waals surface area contributed by atoms with Gasteiger partial charge in [-0.25, -0.2) is 4.98 Å². The van der Waals surface area contributed by atoms with Gasteiger partial charge in [-0.3, -0.25) is 9.97 Å². The zero-order chi connectivity index (χ0) is 28.4. The highest BCUT2D eigenvalue weighted by Gasteiger charge is 2.23. The summed E-state index contributed by atoms with van der Waals surface area (Å²) >= 11 is 0. The van der Waals surface area contributed by atoms with Crippen LogP contribution in [0.15, 0.2) is 49.4 Å². The van der Waals surface area contributed by atoms with E-state index in [-0.39, 0.29) is 6.04 Å². The van der Waals surface area contributed by atoms with Crippen LogP contribution in [0.4, 0.5) is 29.0 Å². The standard InChI is InChI=1S/C28H34N9O2P/c1-17(2)19-16-32-28(34-22-8-9-23(35-27(22)39-3)37-14-10-18(29)11-15-37)36-26(19)33-21-7-6-20-24(31-13-12-30-20)25(21)40(4,5)38/h6-9,12-13,16,18H,1,10-11,14-15,29H2,2-5H3,(H2,32,33,34,36). The molecule has 3 aromatic heterocycles. The van der Waals surface area contributed by atoms with Crippen molar-refractivity contribution in [3.05, 3.63) is 55.0 Å². The van der Waals surface area contributed by atoms with Gasteiger partial charge in [0.2, 0.25) is 11.8 Å². The largest absolute Gasteiger partial charge is 0.479 e. The number of hydrogen-bond donors (Lipinski definition) is 3. The van der Waals surface area contributed by atoms with Crippen LogP contribution >= 0.6 is 7.14 Å². The second-order valence-corrected chi connectivity index (χ2v) is 13.4. The minimum Gasteiger partial charge on any atom is -0.479 e. The molecule has 4 N–H and O–H groups in total. The van der Waals surface area contributed by atoms with Gasteiger partial charge < -0.3 is 30.6 Å². The topological polar surface area (TPSA) is 144 Å². The number of nitrogens with zero attached hydrogens (tertiary/aromatic N) is 6. The molecule has 0 aliphatic carbocycles. The highest BCUT2D eigenvalue weighted by atomic mass is 31.2. The van der Waals surface area contributed by atoms with Crippen molar-refractivity contribution in [3.63, 3.8) is 0 Å². The second-order valence-electron chi connectivity index (χ2n) is 10.3. The van der Waals surface area contributed by atoms with E-state index in [0.717, 1.165) is 42.9 Å². The van der Waals surface area contributed by atoms with Crippen LogP contribution < -0.4 is 31.3 Å². The van der Waals surface area contributed by atoms with Crippen molar-refractivity contribution in [3.8, 4) is 5.88 Å². The van der Waals surface area contributed by atoms with E-state index in [1.54, 1.807) is 39.0 Å². The van der Waals surface area contributed by atoms with Gasteiger partial charge in [-0.05, 0) is 62.9 Å². The average Bonchev–Trinajstić information content (AvgIpc) is 2.93. The molecule has 12 heteroatoms. The fraction of sp³-hybridized carbons (Fsp3) is 0.321. The summed E-state index contributed by atoms with van der Waals surface area (Å²) in [6, 6.07) is 7.79. The molecule has 208 valence electrons. The molecule has 1 saturated heterocycles. The Morgan fingerprint density at radius 3 is 2.48 bits per heavy atom. The summed E-state index contributed by atoms with van der Waals surface area (Å²) in [5.41, 5.74) is 10.1. The third-order valence-corrected chi connectivity index (χ3v) is 8.33. The molecule has 0 saturated carbocycles. The molecule has 1 fully saturated rings. The molecule has 0 amide bonds. The lowest BCUT2D eigenvalue weighted by atomic mass is 10.1. The lowest BCUT2D eigenvalue weighted by Crippen LogP contribution is -2.40. The van der Waals surface area contributed by atoms with Gasteiger partial charge in [0.05, 0.1) is 23.6 Å². The van der Waals surface area contributed by atoms with E-state index in [9.17, 15) is 4.57 Å². The molecule has 11 nitrogen and oxygen atoms in total. The number of pyridine rings is 1. The number of nitrogens with one attached hydrogen (secondary N) is 2. The Labute approximate surface area is 233 Å². The van der Waals surface area contributed by atoms with Gasteiger partial charge >= 0.3 is 0 Å². The lowest BCUT2D eigenvalue weighted by Gasteiger charge is -2.31. The Bertz CT molecular complexity index is 1610. The van der Waals surface area contributed by atoms with Crippen LogP contribution in [0.2, 0.25) is 0 Å². The summed E-state index contributed by atoms with van der Waals surface area (Å²) < 4.78 is 19.0. The van der Waals surface area contributed by atoms with E-state index in [0.29, 0.717) is 45.4 Å². The molecule has 1 aliphatic heterocycles. The average molecular weight is 560 g/mol. The maximum absolute atomic E-state index is 13.4. The van der Waals surface area contributed by atoms with Gasteiger partial charge in [-0.2, -0.15) is 9.97 Å². The molecular weight excluding hydrogens is 525 g/mol. The van der Waals surface area contributed by atoms with Crippen molar-refractivity contribution in [1.29, 1.82) is 0 Å². The Hall–Kier alpha value is -4.08. The van der Waals surface area contributed by atoms with Gasteiger partial charge in [0, 0.05) is 43.3 Å². The highest BCUT2D eigenvalue weighted by molar-refractivity contribution is 7.71. The molecular formula is C28H34N9O2P. The third-order valence-electron chi connectivity index (χ3n) is 6.80. The summed E-state index contributed by atoms with van der Waals surface area (Å²) in [6.07, 6.45) is 6.78. The predicted molar refractivity (Wildman–Crippen MR) is 162 cm³/mol. The smallest absolute Gasteiger partial charge is 0.239 e. The normalized spacial score (nSPS) is 14.3. The molecule has 0 bridgehead atoms. The zero-order valence-electron chi connectivity index (χ0n) is 23.2. The molecule has 4 aromatic rings. The molecule has 0 spiro atoms. The van der Waals surface area contributed by atoms with E-state index >= 15 is 0 Å². The van der Waals surface area contributed by atoms with Crippen LogP contribution in [0.3, 0.4) is 0 Å². The SMILES string of the molecule is C=C(C)c1cnc(Nc2ccc(N3CCC(N)CC3)nc2OC)nc1Nc1ccc2nccnc2c1P(C)(C)=O. The number of anilines is 5. The third kappa shape index (κ3) is 5.76. The van der Waals surface area contributed by atoms with Crippen LogP contribution in [-0.4, -0.2) is 64.5 Å². The van der Waals surface area contributed by atoms with E-state index in [2.05, 4.69) is 37.1 Å². The van der Waals surface area contributed by atoms with Gasteiger partial charge in [0.25, 0.3) is 0 Å². The Balaban J connectivity index is 1.48. The molecule has 0 atom stereocenters. The summed E-state index contributed by atoms with van der Waals surface area (Å²) in [6.45, 7) is 11.1. The Kier molecular flexibility index (Phi) is 7.69. The molecule has 1 aromatic carbocycles. The highest BCUT2D eigenvalue weighted by Crippen LogP contribution is 2.41. The predicted octanol–water partition coefficient (Wildman–Crippen LogP) is 4.52. The van der Waals surface area contributed by atoms with Crippen LogP contribution in [-0.2, 0) is 4.57 Å². The number of benzene rings is 1. The Morgan fingerprint density at radius 2 is 1.77 bits per heavy atom. The maximum Gasteiger partial charge on any atom is 0.239 e. The summed E-state index contributed by atoms with van der Waals surface area (Å²) in [4.78, 5) is 25.0. The van der Waals surface area contributed by atoms with Gasteiger partial charge in [-0.1, -0.05) is 6.58 Å². The number of methoxy groups -OCH3 is 1. The van der Waals surface area contributed by atoms with Crippen LogP contribution in [0.5, 0.6) is 5.88 Å². The van der Waals surface area contributed by atoms with Crippen molar-refractivity contribution >= 4 is 58.0 Å². The van der Waals surface area contributed by atoms with E-state index in [1.807, 2.05) is 31.2 Å². The van der Waals surface area contributed by atoms with Gasteiger partial charge in [0.1, 0.15) is 30.0 Å². The summed E-state index contributed by atoms with van der Waals surface area (Å²) in [5.74, 6) is 2.12. The van der Waals surface area contributed by atoms with Gasteiger partial charge in [0.15, 0.2) is 0 Å². The minimum atomic E-state index is -2.76. The number of nitrogens with two attached hydrogens (primary N) is 1.